The molecular weight excluding hydrogens is 288 g/mol. The summed E-state index contributed by atoms with van der Waals surface area (Å²) in [5, 5.41) is 3.11. The fourth-order valence-electron chi connectivity index (χ4n) is 2.16. The van der Waals surface area contributed by atoms with E-state index >= 15 is 0 Å². The number of aromatic nitrogens is 4. The lowest BCUT2D eigenvalue weighted by molar-refractivity contribution is 0.773. The monoisotopic (exact) mass is 300 g/mol. The second-order valence-electron chi connectivity index (χ2n) is 4.76. The van der Waals surface area contributed by atoms with Crippen molar-refractivity contribution in [3.05, 3.63) is 63.2 Å². The standard InChI is InChI=1S/C15H13ClN4O/c1-9-8-10(2)18-15(17-9)20-14(21)12(16)13(19-20)11-6-4-3-5-7-11/h3-8,19H,1-2H3. The third-order valence-corrected chi connectivity index (χ3v) is 3.42. The van der Waals surface area contributed by atoms with Gasteiger partial charge in [0.05, 0.1) is 5.69 Å². The molecule has 21 heavy (non-hydrogen) atoms. The number of rotatable bonds is 2. The Hall–Kier alpha value is -2.40. The molecular formula is C15H13ClN4O. The van der Waals surface area contributed by atoms with E-state index in [-0.39, 0.29) is 10.6 Å². The van der Waals surface area contributed by atoms with Gasteiger partial charge in [-0.2, -0.15) is 4.68 Å². The molecule has 3 aromatic rings. The summed E-state index contributed by atoms with van der Waals surface area (Å²) < 4.78 is 1.27. The van der Waals surface area contributed by atoms with Crippen molar-refractivity contribution in [2.45, 2.75) is 13.8 Å². The Morgan fingerprint density at radius 2 is 1.71 bits per heavy atom. The second-order valence-corrected chi connectivity index (χ2v) is 5.14. The molecule has 0 aliphatic carbocycles. The van der Waals surface area contributed by atoms with Gasteiger partial charge in [0.1, 0.15) is 5.02 Å². The van der Waals surface area contributed by atoms with Crippen LogP contribution in [0.25, 0.3) is 17.2 Å². The van der Waals surface area contributed by atoms with E-state index in [0.29, 0.717) is 11.6 Å². The van der Waals surface area contributed by atoms with E-state index in [2.05, 4.69) is 15.1 Å². The van der Waals surface area contributed by atoms with Gasteiger partial charge in [-0.3, -0.25) is 9.89 Å². The van der Waals surface area contributed by atoms with E-state index in [1.54, 1.807) is 0 Å². The fourth-order valence-corrected chi connectivity index (χ4v) is 2.40. The van der Waals surface area contributed by atoms with Gasteiger partial charge in [-0.25, -0.2) is 9.97 Å². The topological polar surface area (TPSA) is 63.6 Å². The van der Waals surface area contributed by atoms with E-state index < -0.39 is 0 Å². The number of nitrogens with one attached hydrogen (secondary N) is 1. The van der Waals surface area contributed by atoms with Crippen LogP contribution in [0.5, 0.6) is 0 Å². The maximum absolute atomic E-state index is 12.3. The summed E-state index contributed by atoms with van der Waals surface area (Å²) in [6, 6.07) is 11.3. The largest absolute Gasteiger partial charge is 0.293 e. The van der Waals surface area contributed by atoms with Gasteiger partial charge in [-0.05, 0) is 19.9 Å². The first kappa shape index (κ1) is 13.6. The smallest absolute Gasteiger partial charge is 0.286 e. The Labute approximate surface area is 126 Å². The first-order valence-corrected chi connectivity index (χ1v) is 6.82. The Kier molecular flexibility index (Phi) is 3.35. The second kappa shape index (κ2) is 5.18. The summed E-state index contributed by atoms with van der Waals surface area (Å²) in [6.45, 7) is 3.71. The maximum Gasteiger partial charge on any atom is 0.293 e. The van der Waals surface area contributed by atoms with Crippen LogP contribution in [0.4, 0.5) is 0 Å². The Morgan fingerprint density at radius 1 is 1.10 bits per heavy atom. The van der Waals surface area contributed by atoms with Crippen molar-refractivity contribution in [2.75, 3.05) is 0 Å². The van der Waals surface area contributed by atoms with Gasteiger partial charge in [0, 0.05) is 17.0 Å². The van der Waals surface area contributed by atoms with Gasteiger partial charge in [0.15, 0.2) is 0 Å². The molecule has 0 fully saturated rings. The molecule has 0 unspecified atom stereocenters. The summed E-state index contributed by atoms with van der Waals surface area (Å²) in [6.07, 6.45) is 0. The molecule has 0 spiro atoms. The average molecular weight is 301 g/mol. The van der Waals surface area contributed by atoms with Gasteiger partial charge in [-0.15, -0.1) is 0 Å². The van der Waals surface area contributed by atoms with Crippen molar-refractivity contribution in [2.24, 2.45) is 0 Å². The molecule has 5 nitrogen and oxygen atoms in total. The highest BCUT2D eigenvalue weighted by atomic mass is 35.5. The Morgan fingerprint density at radius 3 is 2.33 bits per heavy atom. The first-order valence-electron chi connectivity index (χ1n) is 6.45. The van der Waals surface area contributed by atoms with Gasteiger partial charge in [-0.1, -0.05) is 41.9 Å². The lowest BCUT2D eigenvalue weighted by atomic mass is 10.2. The number of aryl methyl sites for hydroxylation is 2. The van der Waals surface area contributed by atoms with Crippen LogP contribution in [0.3, 0.4) is 0 Å². The summed E-state index contributed by atoms with van der Waals surface area (Å²) in [4.78, 5) is 20.9. The van der Waals surface area contributed by atoms with E-state index in [1.807, 2.05) is 50.2 Å². The number of halogens is 1. The zero-order chi connectivity index (χ0) is 15.0. The van der Waals surface area contributed by atoms with Crippen LogP contribution in [0.15, 0.2) is 41.2 Å². The molecule has 0 bridgehead atoms. The van der Waals surface area contributed by atoms with Crippen LogP contribution < -0.4 is 5.56 Å². The van der Waals surface area contributed by atoms with Crippen LogP contribution in [-0.2, 0) is 0 Å². The van der Waals surface area contributed by atoms with E-state index in [9.17, 15) is 4.79 Å². The van der Waals surface area contributed by atoms with Crippen molar-refractivity contribution in [3.63, 3.8) is 0 Å². The van der Waals surface area contributed by atoms with Crippen LogP contribution in [0.1, 0.15) is 11.4 Å². The Bertz CT molecular complexity index is 832. The SMILES string of the molecule is Cc1cc(C)nc(-n2[nH]c(-c3ccccc3)c(Cl)c2=O)n1. The third-order valence-electron chi connectivity index (χ3n) is 3.07. The minimum absolute atomic E-state index is 0.129. The molecule has 0 aliphatic rings. The average Bonchev–Trinajstić information content (AvgIpc) is 2.75. The predicted molar refractivity (Wildman–Crippen MR) is 81.9 cm³/mol. The van der Waals surface area contributed by atoms with Gasteiger partial charge < -0.3 is 0 Å². The molecule has 1 aromatic carbocycles. The number of hydrogen-bond donors (Lipinski definition) is 1. The number of hydrogen-bond acceptors (Lipinski definition) is 3. The van der Waals surface area contributed by atoms with Gasteiger partial charge in [0.25, 0.3) is 11.5 Å². The van der Waals surface area contributed by atoms with Crippen molar-refractivity contribution in [1.29, 1.82) is 0 Å². The van der Waals surface area contributed by atoms with Crippen LogP contribution >= 0.6 is 11.6 Å². The van der Waals surface area contributed by atoms with E-state index in [0.717, 1.165) is 17.0 Å². The number of H-pyrrole nitrogens is 1. The molecule has 0 saturated heterocycles. The zero-order valence-corrected chi connectivity index (χ0v) is 12.3. The highest BCUT2D eigenvalue weighted by molar-refractivity contribution is 6.32. The highest BCUT2D eigenvalue weighted by Gasteiger charge is 2.16. The number of benzene rings is 1. The van der Waals surface area contributed by atoms with E-state index in [1.165, 1.54) is 4.68 Å². The summed E-state index contributed by atoms with van der Waals surface area (Å²) >= 11 is 6.16. The van der Waals surface area contributed by atoms with Crippen LogP contribution in [-0.4, -0.2) is 19.7 Å². The minimum Gasteiger partial charge on any atom is -0.286 e. The van der Waals surface area contributed by atoms with Crippen LogP contribution in [0.2, 0.25) is 5.02 Å². The zero-order valence-electron chi connectivity index (χ0n) is 11.6. The fraction of sp³-hybridized carbons (Fsp3) is 0.133. The molecule has 106 valence electrons. The molecule has 3 rings (SSSR count). The quantitative estimate of drug-likeness (QED) is 0.791. The van der Waals surface area contributed by atoms with Gasteiger partial charge in [0.2, 0.25) is 0 Å². The molecule has 0 saturated carbocycles. The van der Waals surface area contributed by atoms with Crippen molar-refractivity contribution >= 4 is 11.6 Å². The van der Waals surface area contributed by atoms with Crippen molar-refractivity contribution in [1.82, 2.24) is 19.7 Å². The maximum atomic E-state index is 12.3. The molecule has 0 amide bonds. The van der Waals surface area contributed by atoms with E-state index in [4.69, 9.17) is 11.6 Å². The number of aromatic amines is 1. The minimum atomic E-state index is -0.361. The summed E-state index contributed by atoms with van der Waals surface area (Å²) in [5.74, 6) is 0.293. The number of nitrogens with zero attached hydrogens (tertiary/aromatic N) is 3. The predicted octanol–water partition coefficient (Wildman–Crippen LogP) is 2.89. The summed E-state index contributed by atoms with van der Waals surface area (Å²) in [7, 11) is 0. The molecule has 6 heteroatoms. The van der Waals surface area contributed by atoms with Crippen LogP contribution in [0, 0.1) is 13.8 Å². The molecule has 0 aliphatic heterocycles. The third kappa shape index (κ3) is 2.48. The Balaban J connectivity index is 2.20. The highest BCUT2D eigenvalue weighted by Crippen LogP contribution is 2.23. The molecule has 1 N–H and O–H groups in total. The lowest BCUT2D eigenvalue weighted by Gasteiger charge is -2.03. The van der Waals surface area contributed by atoms with Crippen molar-refractivity contribution < 1.29 is 0 Å². The molecule has 2 heterocycles. The normalized spacial score (nSPS) is 10.8. The molecule has 2 aromatic heterocycles. The molecule has 0 atom stereocenters. The van der Waals surface area contributed by atoms with Gasteiger partial charge >= 0.3 is 0 Å². The lowest BCUT2D eigenvalue weighted by Crippen LogP contribution is -2.18. The summed E-state index contributed by atoms with van der Waals surface area (Å²) in [5.41, 5.74) is 2.61. The first-order chi connectivity index (χ1) is 10.1. The van der Waals surface area contributed by atoms with Crippen molar-refractivity contribution in [3.8, 4) is 17.2 Å². The molecule has 0 radical (unpaired) electrons.